The number of hydrogen-bond donors (Lipinski definition) is 0. The molecule has 26 heavy (non-hydrogen) atoms. The summed E-state index contributed by atoms with van der Waals surface area (Å²) >= 11 is 1.78. The van der Waals surface area contributed by atoms with E-state index in [0.717, 1.165) is 38.4 Å². The SMILES string of the molecule is Cc1cccc(CN2CC[C@@]3(C2)Cn2c(-c4cccs4)cnc2CO3)c1. The standard InChI is InChI=1S/C21H23N3OS/c1-16-4-2-5-17(10-16)12-23-8-7-21(14-23)15-24-18(19-6-3-9-26-19)11-22-20(24)13-25-21/h2-6,9-11H,7-8,12-15H2,1H3/t21-/m1/s1. The maximum Gasteiger partial charge on any atom is 0.135 e. The van der Waals surface area contributed by atoms with Gasteiger partial charge >= 0.3 is 0 Å². The van der Waals surface area contributed by atoms with Gasteiger partial charge in [-0.1, -0.05) is 35.9 Å². The van der Waals surface area contributed by atoms with Crippen LogP contribution in [0.25, 0.3) is 10.6 Å². The zero-order chi connectivity index (χ0) is 17.6. The van der Waals surface area contributed by atoms with E-state index in [9.17, 15) is 0 Å². The second-order valence-electron chi connectivity index (χ2n) is 7.54. The van der Waals surface area contributed by atoms with Crippen LogP contribution in [0.5, 0.6) is 0 Å². The van der Waals surface area contributed by atoms with E-state index in [1.165, 1.54) is 21.7 Å². The van der Waals surface area contributed by atoms with E-state index in [1.807, 2.05) is 6.20 Å². The predicted molar refractivity (Wildman–Crippen MR) is 104 cm³/mol. The highest BCUT2D eigenvalue weighted by Gasteiger charge is 2.43. The number of ether oxygens (including phenoxy) is 1. The van der Waals surface area contributed by atoms with Crippen LogP contribution in [0.15, 0.2) is 48.0 Å². The fourth-order valence-electron chi connectivity index (χ4n) is 4.26. The number of likely N-dealkylation sites (tertiary alicyclic amines) is 1. The molecule has 0 N–H and O–H groups in total. The summed E-state index contributed by atoms with van der Waals surface area (Å²) in [5, 5.41) is 2.13. The second-order valence-corrected chi connectivity index (χ2v) is 8.49. The molecule has 1 saturated heterocycles. The normalized spacial score (nSPS) is 22.8. The summed E-state index contributed by atoms with van der Waals surface area (Å²) in [7, 11) is 0. The molecule has 0 aliphatic carbocycles. The summed E-state index contributed by atoms with van der Waals surface area (Å²) in [5.74, 6) is 1.05. The van der Waals surface area contributed by atoms with Crippen molar-refractivity contribution in [2.24, 2.45) is 0 Å². The molecule has 2 aliphatic rings. The lowest BCUT2D eigenvalue weighted by Crippen LogP contribution is -2.44. The third kappa shape index (κ3) is 2.90. The van der Waals surface area contributed by atoms with Crippen LogP contribution in [0, 0.1) is 6.92 Å². The first-order valence-corrected chi connectivity index (χ1v) is 10.1. The van der Waals surface area contributed by atoms with Crippen molar-refractivity contribution in [1.29, 1.82) is 0 Å². The van der Waals surface area contributed by atoms with Gasteiger partial charge in [0, 0.05) is 19.6 Å². The van der Waals surface area contributed by atoms with Crippen LogP contribution in [-0.2, 0) is 24.4 Å². The van der Waals surface area contributed by atoms with Crippen molar-refractivity contribution in [1.82, 2.24) is 14.5 Å². The number of rotatable bonds is 3. The van der Waals surface area contributed by atoms with Gasteiger partial charge in [0.15, 0.2) is 0 Å². The van der Waals surface area contributed by atoms with E-state index in [2.05, 4.69) is 63.2 Å². The molecular formula is C21H23N3OS. The molecule has 2 aromatic heterocycles. The minimum atomic E-state index is -0.0798. The van der Waals surface area contributed by atoms with Crippen molar-refractivity contribution in [3.05, 3.63) is 64.9 Å². The topological polar surface area (TPSA) is 30.3 Å². The molecule has 0 radical (unpaired) electrons. The highest BCUT2D eigenvalue weighted by Crippen LogP contribution is 2.36. The van der Waals surface area contributed by atoms with Crippen LogP contribution < -0.4 is 0 Å². The third-order valence-electron chi connectivity index (χ3n) is 5.55. The van der Waals surface area contributed by atoms with Crippen LogP contribution in [0.3, 0.4) is 0 Å². The van der Waals surface area contributed by atoms with Gasteiger partial charge in [-0.15, -0.1) is 11.3 Å². The molecular weight excluding hydrogens is 342 g/mol. The Hall–Kier alpha value is -1.95. The molecule has 1 aromatic carbocycles. The number of hydrogen-bond acceptors (Lipinski definition) is 4. The summed E-state index contributed by atoms with van der Waals surface area (Å²) in [6.07, 6.45) is 3.09. The molecule has 1 spiro atoms. The van der Waals surface area contributed by atoms with Gasteiger partial charge in [-0.25, -0.2) is 4.98 Å². The van der Waals surface area contributed by atoms with E-state index in [-0.39, 0.29) is 5.60 Å². The summed E-state index contributed by atoms with van der Waals surface area (Å²) < 4.78 is 8.73. The smallest absolute Gasteiger partial charge is 0.135 e. The fraction of sp³-hybridized carbons (Fsp3) is 0.381. The van der Waals surface area contributed by atoms with Crippen molar-refractivity contribution >= 4 is 11.3 Å². The average Bonchev–Trinajstić information content (AvgIpc) is 3.35. The van der Waals surface area contributed by atoms with E-state index >= 15 is 0 Å². The molecule has 134 valence electrons. The molecule has 0 amide bonds. The van der Waals surface area contributed by atoms with E-state index < -0.39 is 0 Å². The first-order valence-electron chi connectivity index (χ1n) is 9.21. The lowest BCUT2D eigenvalue weighted by Gasteiger charge is -2.35. The summed E-state index contributed by atoms with van der Waals surface area (Å²) in [4.78, 5) is 8.41. The number of fused-ring (bicyclic) bond motifs is 1. The molecule has 4 nitrogen and oxygen atoms in total. The van der Waals surface area contributed by atoms with Gasteiger partial charge in [0.05, 0.1) is 23.3 Å². The summed E-state index contributed by atoms with van der Waals surface area (Å²) in [6, 6.07) is 13.1. The Morgan fingerprint density at radius 3 is 3.04 bits per heavy atom. The van der Waals surface area contributed by atoms with Gasteiger partial charge in [-0.3, -0.25) is 4.90 Å². The fourth-order valence-corrected chi connectivity index (χ4v) is 5.00. The Labute approximate surface area is 158 Å². The molecule has 3 aromatic rings. The van der Waals surface area contributed by atoms with Crippen LogP contribution in [-0.4, -0.2) is 33.1 Å². The van der Waals surface area contributed by atoms with Crippen molar-refractivity contribution < 1.29 is 4.74 Å². The zero-order valence-electron chi connectivity index (χ0n) is 15.0. The minimum absolute atomic E-state index is 0.0798. The predicted octanol–water partition coefficient (Wildman–Crippen LogP) is 4.09. The van der Waals surface area contributed by atoms with Crippen LogP contribution >= 0.6 is 11.3 Å². The van der Waals surface area contributed by atoms with Crippen LogP contribution in [0.2, 0.25) is 0 Å². The number of imidazole rings is 1. The number of nitrogens with zero attached hydrogens (tertiary/aromatic N) is 3. The van der Waals surface area contributed by atoms with E-state index in [4.69, 9.17) is 4.74 Å². The van der Waals surface area contributed by atoms with Crippen LogP contribution in [0.1, 0.15) is 23.4 Å². The largest absolute Gasteiger partial charge is 0.364 e. The van der Waals surface area contributed by atoms with Gasteiger partial charge in [0.25, 0.3) is 0 Å². The van der Waals surface area contributed by atoms with Gasteiger partial charge in [-0.2, -0.15) is 0 Å². The van der Waals surface area contributed by atoms with Gasteiger partial charge < -0.3 is 9.30 Å². The molecule has 1 atom stereocenters. The minimum Gasteiger partial charge on any atom is -0.364 e. The Morgan fingerprint density at radius 2 is 2.19 bits per heavy atom. The van der Waals surface area contributed by atoms with Gasteiger partial charge in [-0.05, 0) is 30.4 Å². The molecule has 0 saturated carbocycles. The summed E-state index contributed by atoms with van der Waals surface area (Å²) in [6.45, 7) is 6.76. The van der Waals surface area contributed by atoms with Gasteiger partial charge in [0.2, 0.25) is 0 Å². The molecule has 4 heterocycles. The lowest BCUT2D eigenvalue weighted by atomic mass is 10.0. The Balaban J connectivity index is 1.35. The average molecular weight is 366 g/mol. The van der Waals surface area contributed by atoms with Crippen molar-refractivity contribution in [3.63, 3.8) is 0 Å². The first-order chi connectivity index (χ1) is 12.7. The number of thiophene rings is 1. The quantitative estimate of drug-likeness (QED) is 0.700. The highest BCUT2D eigenvalue weighted by atomic mass is 32.1. The third-order valence-corrected chi connectivity index (χ3v) is 6.44. The number of aryl methyl sites for hydroxylation is 1. The van der Waals surface area contributed by atoms with E-state index in [1.54, 1.807) is 11.3 Å². The monoisotopic (exact) mass is 365 g/mol. The van der Waals surface area contributed by atoms with Crippen molar-refractivity contribution in [2.75, 3.05) is 13.1 Å². The Bertz CT molecular complexity index is 917. The Morgan fingerprint density at radius 1 is 1.23 bits per heavy atom. The second kappa shape index (κ2) is 6.34. The molecule has 2 aliphatic heterocycles. The van der Waals surface area contributed by atoms with Gasteiger partial charge in [0.1, 0.15) is 18.0 Å². The first kappa shape index (κ1) is 16.2. The lowest BCUT2D eigenvalue weighted by molar-refractivity contribution is -0.0821. The maximum absolute atomic E-state index is 6.35. The zero-order valence-corrected chi connectivity index (χ0v) is 15.8. The molecule has 5 heteroatoms. The Kier molecular flexibility index (Phi) is 3.96. The molecule has 0 unspecified atom stereocenters. The van der Waals surface area contributed by atoms with Crippen molar-refractivity contribution in [2.45, 2.75) is 38.6 Å². The highest BCUT2D eigenvalue weighted by molar-refractivity contribution is 7.13. The van der Waals surface area contributed by atoms with Crippen molar-refractivity contribution in [3.8, 4) is 10.6 Å². The maximum atomic E-state index is 6.35. The number of benzene rings is 1. The molecule has 0 bridgehead atoms. The molecule has 1 fully saturated rings. The number of aromatic nitrogens is 2. The van der Waals surface area contributed by atoms with Crippen LogP contribution in [0.4, 0.5) is 0 Å². The summed E-state index contributed by atoms with van der Waals surface area (Å²) in [5.41, 5.74) is 3.87. The molecule has 5 rings (SSSR count). The van der Waals surface area contributed by atoms with E-state index in [0.29, 0.717) is 6.61 Å².